The van der Waals surface area contributed by atoms with E-state index in [1.807, 2.05) is 6.07 Å². The molecule has 4 heterocycles. The molecule has 6 nitrogen and oxygen atoms in total. The minimum atomic E-state index is 0.879. The molecule has 0 bridgehead atoms. The largest absolute Gasteiger partial charge is 0.364 e. The molecule has 3 aromatic heterocycles. The summed E-state index contributed by atoms with van der Waals surface area (Å²) in [6, 6.07) is 1.94. The van der Waals surface area contributed by atoms with Crippen LogP contribution >= 0.6 is 11.3 Å². The van der Waals surface area contributed by atoms with Crippen molar-refractivity contribution in [1.82, 2.24) is 24.3 Å². The summed E-state index contributed by atoms with van der Waals surface area (Å²) in [5.74, 6) is 0. The lowest BCUT2D eigenvalue weighted by Crippen LogP contribution is -2.45. The number of fused-ring (bicyclic) bond motifs is 1. The Morgan fingerprint density at radius 2 is 1.87 bits per heavy atom. The summed E-state index contributed by atoms with van der Waals surface area (Å²) in [6.45, 7) is 10.4. The molecule has 23 heavy (non-hydrogen) atoms. The summed E-state index contributed by atoms with van der Waals surface area (Å²) in [6.07, 6.45) is 3.85. The molecule has 4 rings (SSSR count). The van der Waals surface area contributed by atoms with E-state index in [1.54, 1.807) is 17.6 Å². The van der Waals surface area contributed by atoms with Gasteiger partial charge in [0.2, 0.25) is 0 Å². The number of hydrogen-bond donors (Lipinski definition) is 0. The van der Waals surface area contributed by atoms with E-state index in [2.05, 4.69) is 39.4 Å². The fraction of sp³-hybridized carbons (Fsp3) is 0.500. The fourth-order valence-corrected chi connectivity index (χ4v) is 4.05. The maximum Gasteiger partial charge on any atom is 0.194 e. The first kappa shape index (κ1) is 14.9. The first-order valence-electron chi connectivity index (χ1n) is 7.97. The molecule has 1 aliphatic rings. The van der Waals surface area contributed by atoms with Crippen molar-refractivity contribution in [1.29, 1.82) is 0 Å². The van der Waals surface area contributed by atoms with Gasteiger partial charge in [-0.05, 0) is 13.8 Å². The van der Waals surface area contributed by atoms with Crippen LogP contribution in [0.15, 0.2) is 23.0 Å². The highest BCUT2D eigenvalue weighted by atomic mass is 32.1. The van der Waals surface area contributed by atoms with Crippen molar-refractivity contribution >= 4 is 16.3 Å². The minimum Gasteiger partial charge on any atom is -0.364 e. The summed E-state index contributed by atoms with van der Waals surface area (Å²) < 4.78 is 7.17. The number of imidazole rings is 1. The van der Waals surface area contributed by atoms with E-state index in [9.17, 15) is 0 Å². The number of rotatable bonds is 4. The van der Waals surface area contributed by atoms with Gasteiger partial charge in [0, 0.05) is 56.4 Å². The molecule has 1 fully saturated rings. The lowest BCUT2D eigenvalue weighted by Gasteiger charge is -2.34. The van der Waals surface area contributed by atoms with Crippen molar-refractivity contribution < 1.29 is 4.52 Å². The molecule has 0 spiro atoms. The Balaban J connectivity index is 1.39. The van der Waals surface area contributed by atoms with Gasteiger partial charge in [-0.1, -0.05) is 5.16 Å². The fourth-order valence-electron chi connectivity index (χ4n) is 3.17. The van der Waals surface area contributed by atoms with E-state index in [0.717, 1.165) is 55.6 Å². The second kappa shape index (κ2) is 6.07. The van der Waals surface area contributed by atoms with Crippen LogP contribution in [0.25, 0.3) is 4.96 Å². The zero-order valence-electron chi connectivity index (χ0n) is 13.5. The molecular formula is C16H21N5OS. The predicted octanol–water partition coefficient (Wildman–Crippen LogP) is 2.32. The van der Waals surface area contributed by atoms with Gasteiger partial charge in [0.1, 0.15) is 6.26 Å². The van der Waals surface area contributed by atoms with Crippen molar-refractivity contribution in [3.05, 3.63) is 40.5 Å². The molecule has 1 saturated heterocycles. The van der Waals surface area contributed by atoms with E-state index >= 15 is 0 Å². The SMILES string of the molecule is Cc1cn2c(CN3CCN(Cc4ccon4)CC3)c(C)nc2s1. The molecule has 122 valence electrons. The number of piperazine rings is 1. The van der Waals surface area contributed by atoms with E-state index in [1.165, 1.54) is 10.6 Å². The Bertz CT molecular complexity index is 783. The number of thiazole rings is 1. The van der Waals surface area contributed by atoms with Gasteiger partial charge >= 0.3 is 0 Å². The van der Waals surface area contributed by atoms with Gasteiger partial charge in [0.25, 0.3) is 0 Å². The average molecular weight is 331 g/mol. The Morgan fingerprint density at radius 1 is 1.13 bits per heavy atom. The van der Waals surface area contributed by atoms with Crippen LogP contribution in [-0.2, 0) is 13.1 Å². The van der Waals surface area contributed by atoms with Crippen LogP contribution in [-0.4, -0.2) is 50.5 Å². The molecular weight excluding hydrogens is 310 g/mol. The maximum absolute atomic E-state index is 4.91. The predicted molar refractivity (Wildman–Crippen MR) is 89.6 cm³/mol. The van der Waals surface area contributed by atoms with E-state index in [-0.39, 0.29) is 0 Å². The van der Waals surface area contributed by atoms with Crippen LogP contribution < -0.4 is 0 Å². The van der Waals surface area contributed by atoms with Gasteiger partial charge in [-0.25, -0.2) is 4.98 Å². The third-order valence-electron chi connectivity index (χ3n) is 4.46. The normalized spacial score (nSPS) is 17.3. The van der Waals surface area contributed by atoms with Crippen molar-refractivity contribution in [3.63, 3.8) is 0 Å². The molecule has 0 aliphatic carbocycles. The van der Waals surface area contributed by atoms with Crippen molar-refractivity contribution in [2.24, 2.45) is 0 Å². The summed E-state index contributed by atoms with van der Waals surface area (Å²) >= 11 is 1.76. The van der Waals surface area contributed by atoms with Gasteiger partial charge in [0.15, 0.2) is 4.96 Å². The van der Waals surface area contributed by atoms with Gasteiger partial charge < -0.3 is 4.52 Å². The smallest absolute Gasteiger partial charge is 0.194 e. The van der Waals surface area contributed by atoms with Crippen LogP contribution in [0.3, 0.4) is 0 Å². The number of aryl methyl sites for hydroxylation is 2. The van der Waals surface area contributed by atoms with Crippen LogP contribution in [0.1, 0.15) is 22.0 Å². The molecule has 0 N–H and O–H groups in total. The third-order valence-corrected chi connectivity index (χ3v) is 5.35. The van der Waals surface area contributed by atoms with Crippen LogP contribution in [0.2, 0.25) is 0 Å². The highest BCUT2D eigenvalue weighted by Crippen LogP contribution is 2.22. The first-order valence-corrected chi connectivity index (χ1v) is 8.78. The molecule has 3 aromatic rings. The highest BCUT2D eigenvalue weighted by molar-refractivity contribution is 7.17. The second-order valence-corrected chi connectivity index (χ2v) is 7.39. The number of aromatic nitrogens is 3. The average Bonchev–Trinajstić information content (AvgIpc) is 3.21. The van der Waals surface area contributed by atoms with E-state index in [4.69, 9.17) is 9.51 Å². The van der Waals surface area contributed by atoms with Gasteiger partial charge in [-0.15, -0.1) is 11.3 Å². The Hall–Kier alpha value is -1.70. The van der Waals surface area contributed by atoms with Gasteiger partial charge in [-0.2, -0.15) is 0 Å². The zero-order chi connectivity index (χ0) is 15.8. The summed E-state index contributed by atoms with van der Waals surface area (Å²) in [7, 11) is 0. The lowest BCUT2D eigenvalue weighted by atomic mass is 10.2. The number of nitrogens with zero attached hydrogens (tertiary/aromatic N) is 5. The lowest BCUT2D eigenvalue weighted by molar-refractivity contribution is 0.118. The van der Waals surface area contributed by atoms with Crippen molar-refractivity contribution in [2.45, 2.75) is 26.9 Å². The molecule has 0 atom stereocenters. The topological polar surface area (TPSA) is 49.8 Å². The molecule has 1 aliphatic heterocycles. The number of hydrogen-bond acceptors (Lipinski definition) is 6. The maximum atomic E-state index is 4.91. The Labute approximate surface area is 139 Å². The zero-order valence-corrected chi connectivity index (χ0v) is 14.3. The van der Waals surface area contributed by atoms with Gasteiger partial charge in [-0.3, -0.25) is 14.2 Å². The molecule has 0 saturated carbocycles. The van der Waals surface area contributed by atoms with Gasteiger partial charge in [0.05, 0.1) is 17.1 Å². The Morgan fingerprint density at radius 3 is 2.57 bits per heavy atom. The molecule has 7 heteroatoms. The summed E-state index contributed by atoms with van der Waals surface area (Å²) in [4.78, 5) is 12.1. The van der Waals surface area contributed by atoms with Crippen LogP contribution in [0, 0.1) is 13.8 Å². The second-order valence-electron chi connectivity index (χ2n) is 6.18. The van der Waals surface area contributed by atoms with Crippen molar-refractivity contribution in [2.75, 3.05) is 26.2 Å². The quantitative estimate of drug-likeness (QED) is 0.734. The highest BCUT2D eigenvalue weighted by Gasteiger charge is 2.20. The first-order chi connectivity index (χ1) is 11.2. The van der Waals surface area contributed by atoms with Crippen LogP contribution in [0.4, 0.5) is 0 Å². The molecule has 0 unspecified atom stereocenters. The standard InChI is InChI=1S/C16H21N5OS/c1-12-9-21-15(13(2)17-16(21)23-12)11-20-6-4-19(5-7-20)10-14-3-8-22-18-14/h3,8-9H,4-7,10-11H2,1-2H3. The summed E-state index contributed by atoms with van der Waals surface area (Å²) in [5.41, 5.74) is 3.50. The summed E-state index contributed by atoms with van der Waals surface area (Å²) in [5, 5.41) is 4.00. The minimum absolute atomic E-state index is 0.879. The van der Waals surface area contributed by atoms with E-state index < -0.39 is 0 Å². The molecule has 0 amide bonds. The molecule has 0 aromatic carbocycles. The Kier molecular flexibility index (Phi) is 3.92. The third kappa shape index (κ3) is 3.04. The molecule has 0 radical (unpaired) electrons. The van der Waals surface area contributed by atoms with Crippen LogP contribution in [0.5, 0.6) is 0 Å². The van der Waals surface area contributed by atoms with E-state index in [0.29, 0.717) is 0 Å². The monoisotopic (exact) mass is 331 g/mol. The van der Waals surface area contributed by atoms with Crippen molar-refractivity contribution in [3.8, 4) is 0 Å².